The van der Waals surface area contributed by atoms with Gasteiger partial charge in [-0.1, -0.05) is 0 Å². The Morgan fingerprint density at radius 2 is 2.14 bits per heavy atom. The molecule has 1 N–H and O–H groups in total. The van der Waals surface area contributed by atoms with Gasteiger partial charge in [-0.25, -0.2) is 9.97 Å². The van der Waals surface area contributed by atoms with Crippen LogP contribution < -0.4 is 10.1 Å². The van der Waals surface area contributed by atoms with E-state index in [4.69, 9.17) is 4.74 Å². The third-order valence-corrected chi connectivity index (χ3v) is 2.82. The summed E-state index contributed by atoms with van der Waals surface area (Å²) in [5.74, 6) is 0. The Morgan fingerprint density at radius 3 is 2.64 bits per heavy atom. The average molecular weight is 193 g/mol. The lowest BCUT2D eigenvalue weighted by atomic mass is 9.93. The lowest BCUT2D eigenvalue weighted by Crippen LogP contribution is -2.33. The van der Waals surface area contributed by atoms with Crippen LogP contribution in [0.25, 0.3) is 0 Å². The van der Waals surface area contributed by atoms with Gasteiger partial charge < -0.3 is 10.1 Å². The van der Waals surface area contributed by atoms with Crippen molar-refractivity contribution in [3.05, 3.63) is 18.0 Å². The Balaban J connectivity index is 2.23. The third-order valence-electron chi connectivity index (χ3n) is 2.82. The van der Waals surface area contributed by atoms with Crippen molar-refractivity contribution in [2.75, 3.05) is 13.7 Å². The maximum absolute atomic E-state index is 4.92. The van der Waals surface area contributed by atoms with Crippen molar-refractivity contribution in [2.45, 2.75) is 25.3 Å². The van der Waals surface area contributed by atoms with Gasteiger partial charge in [0.25, 0.3) is 0 Å². The predicted molar refractivity (Wildman–Crippen MR) is 53.2 cm³/mol. The summed E-state index contributed by atoms with van der Waals surface area (Å²) >= 11 is 0. The number of hydrogen-bond donors (Lipinski definition) is 1. The van der Waals surface area contributed by atoms with Gasteiger partial charge >= 0.3 is 6.01 Å². The Kier molecular flexibility index (Phi) is 2.37. The molecular formula is C10H15N3O. The van der Waals surface area contributed by atoms with Crippen LogP contribution in [-0.2, 0) is 5.54 Å². The molecule has 0 amide bonds. The molecule has 1 fully saturated rings. The fourth-order valence-electron chi connectivity index (χ4n) is 1.85. The van der Waals surface area contributed by atoms with Crippen molar-refractivity contribution in [3.8, 4) is 6.01 Å². The Hall–Kier alpha value is -1.16. The van der Waals surface area contributed by atoms with Crippen LogP contribution in [-0.4, -0.2) is 23.6 Å². The van der Waals surface area contributed by atoms with Gasteiger partial charge in [-0.05, 0) is 26.3 Å². The van der Waals surface area contributed by atoms with Gasteiger partial charge in [0.2, 0.25) is 0 Å². The van der Waals surface area contributed by atoms with E-state index in [1.165, 1.54) is 6.42 Å². The van der Waals surface area contributed by atoms with Crippen LogP contribution in [0, 0.1) is 0 Å². The summed E-state index contributed by atoms with van der Waals surface area (Å²) in [5, 5.41) is 3.47. The van der Waals surface area contributed by atoms with Crippen LogP contribution in [0.2, 0.25) is 0 Å². The van der Waals surface area contributed by atoms with E-state index in [1.807, 2.05) is 12.4 Å². The molecule has 0 aliphatic carbocycles. The van der Waals surface area contributed by atoms with Gasteiger partial charge in [-0.3, -0.25) is 0 Å². The minimum atomic E-state index is 0.0479. The minimum Gasteiger partial charge on any atom is -0.467 e. The molecule has 1 aromatic rings. The lowest BCUT2D eigenvalue weighted by molar-refractivity contribution is 0.374. The molecule has 0 spiro atoms. The summed E-state index contributed by atoms with van der Waals surface area (Å²) in [4.78, 5) is 8.23. The highest BCUT2D eigenvalue weighted by Crippen LogP contribution is 2.29. The van der Waals surface area contributed by atoms with Crippen molar-refractivity contribution in [1.82, 2.24) is 15.3 Å². The average Bonchev–Trinajstić information content (AvgIpc) is 2.67. The van der Waals surface area contributed by atoms with E-state index < -0.39 is 0 Å². The maximum Gasteiger partial charge on any atom is 0.316 e. The van der Waals surface area contributed by atoms with Gasteiger partial charge in [0.1, 0.15) is 0 Å². The molecule has 0 aromatic carbocycles. The number of nitrogens with one attached hydrogen (secondary N) is 1. The highest BCUT2D eigenvalue weighted by atomic mass is 16.5. The van der Waals surface area contributed by atoms with Gasteiger partial charge in [0, 0.05) is 23.5 Å². The summed E-state index contributed by atoms with van der Waals surface area (Å²) in [6, 6.07) is 0.426. The molecule has 0 saturated carbocycles. The van der Waals surface area contributed by atoms with Gasteiger partial charge in [-0.15, -0.1) is 0 Å². The van der Waals surface area contributed by atoms with E-state index in [9.17, 15) is 0 Å². The fraction of sp³-hybridized carbons (Fsp3) is 0.600. The first-order valence-corrected chi connectivity index (χ1v) is 4.86. The van der Waals surface area contributed by atoms with Crippen LogP contribution in [0.3, 0.4) is 0 Å². The number of nitrogens with zero attached hydrogens (tertiary/aromatic N) is 2. The Bertz CT molecular complexity index is 304. The summed E-state index contributed by atoms with van der Waals surface area (Å²) in [5.41, 5.74) is 1.18. The molecule has 1 aliphatic heterocycles. The van der Waals surface area contributed by atoms with Crippen LogP contribution >= 0.6 is 0 Å². The molecule has 1 aromatic heterocycles. The molecule has 4 heteroatoms. The van der Waals surface area contributed by atoms with E-state index in [2.05, 4.69) is 22.2 Å². The number of aromatic nitrogens is 2. The normalized spacial score (nSPS) is 26.4. The fourth-order valence-corrected chi connectivity index (χ4v) is 1.85. The zero-order valence-corrected chi connectivity index (χ0v) is 8.58. The zero-order valence-electron chi connectivity index (χ0n) is 8.58. The molecule has 2 rings (SSSR count). The minimum absolute atomic E-state index is 0.0479. The third kappa shape index (κ3) is 1.57. The summed E-state index contributed by atoms with van der Waals surface area (Å²) in [6.07, 6.45) is 6.03. The molecule has 0 bridgehead atoms. The molecule has 2 heterocycles. The summed E-state index contributed by atoms with van der Waals surface area (Å²) in [7, 11) is 1.57. The van der Waals surface area contributed by atoms with Crippen LogP contribution in [0.5, 0.6) is 6.01 Å². The maximum atomic E-state index is 4.92. The summed E-state index contributed by atoms with van der Waals surface area (Å²) < 4.78 is 4.92. The van der Waals surface area contributed by atoms with Gasteiger partial charge in [-0.2, -0.15) is 0 Å². The number of ether oxygens (including phenoxy) is 1. The quantitative estimate of drug-likeness (QED) is 0.763. The topological polar surface area (TPSA) is 47.0 Å². The first-order chi connectivity index (χ1) is 6.74. The van der Waals surface area contributed by atoms with E-state index in [0.717, 1.165) is 18.5 Å². The highest BCUT2D eigenvalue weighted by molar-refractivity contribution is 5.19. The molecule has 1 saturated heterocycles. The molecule has 14 heavy (non-hydrogen) atoms. The second-order valence-electron chi connectivity index (χ2n) is 3.82. The van der Waals surface area contributed by atoms with E-state index in [-0.39, 0.29) is 5.54 Å². The smallest absolute Gasteiger partial charge is 0.316 e. The lowest BCUT2D eigenvalue weighted by Gasteiger charge is -2.23. The monoisotopic (exact) mass is 193 g/mol. The van der Waals surface area contributed by atoms with E-state index >= 15 is 0 Å². The Morgan fingerprint density at radius 1 is 1.43 bits per heavy atom. The second-order valence-corrected chi connectivity index (χ2v) is 3.82. The van der Waals surface area contributed by atoms with Crippen LogP contribution in [0.15, 0.2) is 12.4 Å². The molecule has 1 aliphatic rings. The number of methoxy groups -OCH3 is 1. The molecule has 1 unspecified atom stereocenters. The van der Waals surface area contributed by atoms with Crippen molar-refractivity contribution >= 4 is 0 Å². The number of hydrogen-bond acceptors (Lipinski definition) is 4. The number of rotatable bonds is 2. The van der Waals surface area contributed by atoms with Crippen LogP contribution in [0.4, 0.5) is 0 Å². The molecule has 1 atom stereocenters. The van der Waals surface area contributed by atoms with Crippen LogP contribution in [0.1, 0.15) is 25.3 Å². The molecule has 76 valence electrons. The Labute approximate surface area is 83.7 Å². The van der Waals surface area contributed by atoms with Crippen molar-refractivity contribution < 1.29 is 4.74 Å². The van der Waals surface area contributed by atoms with Gasteiger partial charge in [0.15, 0.2) is 0 Å². The standard InChI is InChI=1S/C10H15N3O/c1-10(4-3-5-13-10)8-6-11-9(14-2)12-7-8/h6-7,13H,3-5H2,1-2H3. The molecule has 4 nitrogen and oxygen atoms in total. The highest BCUT2D eigenvalue weighted by Gasteiger charge is 2.30. The van der Waals surface area contributed by atoms with E-state index in [1.54, 1.807) is 7.11 Å². The largest absolute Gasteiger partial charge is 0.467 e. The van der Waals surface area contributed by atoms with Crippen molar-refractivity contribution in [3.63, 3.8) is 0 Å². The zero-order chi connectivity index (χ0) is 10.0. The predicted octanol–water partition coefficient (Wildman–Crippen LogP) is 1.08. The molecular weight excluding hydrogens is 178 g/mol. The second kappa shape index (κ2) is 3.53. The van der Waals surface area contributed by atoms with Crippen molar-refractivity contribution in [1.29, 1.82) is 0 Å². The molecule has 0 radical (unpaired) electrons. The SMILES string of the molecule is COc1ncc(C2(C)CCCN2)cn1. The van der Waals surface area contributed by atoms with Crippen molar-refractivity contribution in [2.24, 2.45) is 0 Å². The first-order valence-electron chi connectivity index (χ1n) is 4.86. The summed E-state index contributed by atoms with van der Waals surface area (Å²) in [6.45, 7) is 3.26. The van der Waals surface area contributed by atoms with E-state index in [0.29, 0.717) is 6.01 Å². The van der Waals surface area contributed by atoms with Gasteiger partial charge in [0.05, 0.1) is 7.11 Å². The first kappa shape index (κ1) is 9.40.